The molecule has 0 saturated heterocycles. The van der Waals surface area contributed by atoms with E-state index in [9.17, 15) is 14.4 Å². The summed E-state index contributed by atoms with van der Waals surface area (Å²) in [6, 6.07) is 2.87. The van der Waals surface area contributed by atoms with Crippen LogP contribution >= 0.6 is 0 Å². The number of nitrogens with zero attached hydrogens (tertiary/aromatic N) is 1. The highest BCUT2D eigenvalue weighted by Gasteiger charge is 2.09. The predicted molar refractivity (Wildman–Crippen MR) is 62.2 cm³/mol. The third kappa shape index (κ3) is 3.85. The van der Waals surface area contributed by atoms with E-state index in [0.717, 1.165) is 0 Å². The van der Waals surface area contributed by atoms with Gasteiger partial charge in [-0.25, -0.2) is 0 Å². The molecular weight excluding hydrogens is 238 g/mol. The number of aliphatic carboxylic acids is 1. The van der Waals surface area contributed by atoms with E-state index in [0.29, 0.717) is 0 Å². The maximum absolute atomic E-state index is 11.5. The summed E-state index contributed by atoms with van der Waals surface area (Å²) in [6.07, 6.45) is 1.12. The Kier molecular flexibility index (Phi) is 4.79. The Labute approximate surface area is 103 Å². The van der Waals surface area contributed by atoms with Gasteiger partial charge < -0.3 is 15.7 Å². The lowest BCUT2D eigenvalue weighted by Gasteiger charge is -2.04. The van der Waals surface area contributed by atoms with Crippen LogP contribution in [-0.2, 0) is 4.79 Å². The Morgan fingerprint density at radius 3 is 2.50 bits per heavy atom. The summed E-state index contributed by atoms with van der Waals surface area (Å²) in [5.74, 6) is -1.75. The van der Waals surface area contributed by atoms with E-state index in [1.807, 2.05) is 0 Å². The average Bonchev–Trinajstić information content (AvgIpc) is 2.37. The molecule has 18 heavy (non-hydrogen) atoms. The maximum Gasteiger partial charge on any atom is 0.305 e. The predicted octanol–water partition coefficient (Wildman–Crippen LogP) is -0.354. The van der Waals surface area contributed by atoms with Gasteiger partial charge in [0.1, 0.15) is 5.69 Å². The Hall–Kier alpha value is -2.44. The first-order chi connectivity index (χ1) is 8.54. The van der Waals surface area contributed by atoms with Gasteiger partial charge in [0.25, 0.3) is 11.8 Å². The summed E-state index contributed by atoms with van der Waals surface area (Å²) < 4.78 is 0. The molecule has 0 aliphatic heterocycles. The van der Waals surface area contributed by atoms with Crippen LogP contribution in [0.15, 0.2) is 18.3 Å². The van der Waals surface area contributed by atoms with E-state index in [-0.39, 0.29) is 30.1 Å². The van der Waals surface area contributed by atoms with Crippen molar-refractivity contribution < 1.29 is 19.5 Å². The number of amides is 2. The normalized spacial score (nSPS) is 9.61. The molecule has 0 radical (unpaired) electrons. The molecule has 7 heteroatoms. The molecule has 2 amide bonds. The molecule has 0 aliphatic carbocycles. The van der Waals surface area contributed by atoms with Crippen LogP contribution < -0.4 is 10.6 Å². The van der Waals surface area contributed by atoms with Gasteiger partial charge in [-0.05, 0) is 12.1 Å². The number of carboxylic acids is 1. The van der Waals surface area contributed by atoms with Gasteiger partial charge in [0.15, 0.2) is 0 Å². The molecule has 0 spiro atoms. The summed E-state index contributed by atoms with van der Waals surface area (Å²) in [4.78, 5) is 36.8. The van der Waals surface area contributed by atoms with Crippen molar-refractivity contribution in [1.82, 2.24) is 15.6 Å². The van der Waals surface area contributed by atoms with Gasteiger partial charge in [-0.1, -0.05) is 0 Å². The number of aromatic nitrogens is 1. The number of pyridine rings is 1. The van der Waals surface area contributed by atoms with Crippen LogP contribution in [0.1, 0.15) is 27.3 Å². The fourth-order valence-electron chi connectivity index (χ4n) is 1.18. The topological polar surface area (TPSA) is 108 Å². The zero-order valence-electron chi connectivity index (χ0n) is 9.77. The van der Waals surface area contributed by atoms with Crippen molar-refractivity contribution in [2.45, 2.75) is 6.42 Å². The summed E-state index contributed by atoms with van der Waals surface area (Å²) in [5.41, 5.74) is 0.479. The third-order valence-corrected chi connectivity index (χ3v) is 2.11. The first kappa shape index (κ1) is 13.6. The highest BCUT2D eigenvalue weighted by molar-refractivity contribution is 5.96. The van der Waals surface area contributed by atoms with Crippen LogP contribution in [-0.4, -0.2) is 41.5 Å². The number of hydrogen-bond acceptors (Lipinski definition) is 4. The molecule has 3 N–H and O–H groups in total. The number of nitrogens with one attached hydrogen (secondary N) is 2. The highest BCUT2D eigenvalue weighted by atomic mass is 16.4. The van der Waals surface area contributed by atoms with Crippen LogP contribution in [0.2, 0.25) is 0 Å². The first-order valence-electron chi connectivity index (χ1n) is 5.22. The molecule has 96 valence electrons. The van der Waals surface area contributed by atoms with Crippen LogP contribution in [0.4, 0.5) is 0 Å². The van der Waals surface area contributed by atoms with Crippen LogP contribution in [0.5, 0.6) is 0 Å². The minimum atomic E-state index is -0.983. The van der Waals surface area contributed by atoms with E-state index in [4.69, 9.17) is 5.11 Å². The molecule has 0 bridgehead atoms. The van der Waals surface area contributed by atoms with E-state index < -0.39 is 11.9 Å². The first-order valence-corrected chi connectivity index (χ1v) is 5.22. The Balaban J connectivity index is 2.59. The van der Waals surface area contributed by atoms with Crippen LogP contribution in [0.3, 0.4) is 0 Å². The van der Waals surface area contributed by atoms with E-state index in [1.54, 1.807) is 0 Å². The molecule has 0 atom stereocenters. The average molecular weight is 251 g/mol. The number of rotatable bonds is 5. The summed E-state index contributed by atoms with van der Waals surface area (Å²) in [5, 5.41) is 13.3. The second-order valence-electron chi connectivity index (χ2n) is 3.41. The van der Waals surface area contributed by atoms with E-state index in [1.165, 1.54) is 25.4 Å². The van der Waals surface area contributed by atoms with E-state index in [2.05, 4.69) is 15.6 Å². The number of carboxylic acid groups (broad SMARTS) is 1. The van der Waals surface area contributed by atoms with Crippen molar-refractivity contribution in [3.05, 3.63) is 29.6 Å². The molecule has 0 aromatic carbocycles. The van der Waals surface area contributed by atoms with Crippen molar-refractivity contribution in [2.24, 2.45) is 0 Å². The molecule has 1 aromatic heterocycles. The SMILES string of the molecule is CNC(=O)c1ccc(C(=O)NCCC(=O)O)cn1. The molecule has 7 nitrogen and oxygen atoms in total. The number of carbonyl (C=O) groups excluding carboxylic acids is 2. The van der Waals surface area contributed by atoms with Crippen molar-refractivity contribution >= 4 is 17.8 Å². The van der Waals surface area contributed by atoms with Gasteiger partial charge in [0.2, 0.25) is 0 Å². The second-order valence-corrected chi connectivity index (χ2v) is 3.41. The Bertz CT molecular complexity index is 456. The molecule has 1 aromatic rings. The monoisotopic (exact) mass is 251 g/mol. The summed E-state index contributed by atoms with van der Waals surface area (Å²) >= 11 is 0. The largest absolute Gasteiger partial charge is 0.481 e. The Morgan fingerprint density at radius 2 is 2.00 bits per heavy atom. The summed E-state index contributed by atoms with van der Waals surface area (Å²) in [6.45, 7) is 0.0470. The zero-order chi connectivity index (χ0) is 13.5. The van der Waals surface area contributed by atoms with Gasteiger partial charge in [-0.3, -0.25) is 19.4 Å². The second kappa shape index (κ2) is 6.33. The molecule has 0 fully saturated rings. The number of carbonyl (C=O) groups is 3. The molecule has 1 rings (SSSR count). The lowest BCUT2D eigenvalue weighted by atomic mass is 10.2. The quantitative estimate of drug-likeness (QED) is 0.662. The summed E-state index contributed by atoms with van der Waals surface area (Å²) in [7, 11) is 1.48. The maximum atomic E-state index is 11.5. The van der Waals surface area contributed by atoms with Gasteiger partial charge in [0, 0.05) is 19.8 Å². The van der Waals surface area contributed by atoms with E-state index >= 15 is 0 Å². The third-order valence-electron chi connectivity index (χ3n) is 2.11. The smallest absolute Gasteiger partial charge is 0.305 e. The minimum Gasteiger partial charge on any atom is -0.481 e. The van der Waals surface area contributed by atoms with Crippen LogP contribution in [0.25, 0.3) is 0 Å². The molecule has 0 aliphatic rings. The zero-order valence-corrected chi connectivity index (χ0v) is 9.77. The van der Waals surface area contributed by atoms with Gasteiger partial charge in [0.05, 0.1) is 12.0 Å². The van der Waals surface area contributed by atoms with Crippen molar-refractivity contribution in [3.63, 3.8) is 0 Å². The molecule has 0 saturated carbocycles. The molecule has 0 unspecified atom stereocenters. The minimum absolute atomic E-state index is 0.0470. The van der Waals surface area contributed by atoms with Crippen molar-refractivity contribution in [2.75, 3.05) is 13.6 Å². The van der Waals surface area contributed by atoms with Crippen molar-refractivity contribution in [3.8, 4) is 0 Å². The standard InChI is InChI=1S/C11H13N3O4/c1-12-11(18)8-3-2-7(6-14-8)10(17)13-5-4-9(15)16/h2-3,6H,4-5H2,1H3,(H,12,18)(H,13,17)(H,15,16). The highest BCUT2D eigenvalue weighted by Crippen LogP contribution is 2.00. The fourth-order valence-corrected chi connectivity index (χ4v) is 1.18. The lowest BCUT2D eigenvalue weighted by Crippen LogP contribution is -2.26. The van der Waals surface area contributed by atoms with Gasteiger partial charge in [-0.2, -0.15) is 0 Å². The fraction of sp³-hybridized carbons (Fsp3) is 0.273. The Morgan fingerprint density at radius 1 is 1.28 bits per heavy atom. The number of hydrogen-bond donors (Lipinski definition) is 3. The molecular formula is C11H13N3O4. The lowest BCUT2D eigenvalue weighted by molar-refractivity contribution is -0.136. The van der Waals surface area contributed by atoms with Crippen LogP contribution in [0, 0.1) is 0 Å². The van der Waals surface area contributed by atoms with Gasteiger partial charge in [-0.15, -0.1) is 0 Å². The van der Waals surface area contributed by atoms with Crippen molar-refractivity contribution in [1.29, 1.82) is 0 Å². The van der Waals surface area contributed by atoms with Gasteiger partial charge >= 0.3 is 5.97 Å². The molecule has 1 heterocycles.